The largest absolute Gasteiger partial charge is 0.496 e. The highest BCUT2D eigenvalue weighted by Crippen LogP contribution is 2.34. The summed E-state index contributed by atoms with van der Waals surface area (Å²) < 4.78 is 7.08. The number of ketones is 1. The van der Waals surface area contributed by atoms with Gasteiger partial charge in [-0.15, -0.1) is 0 Å². The zero-order valence-corrected chi connectivity index (χ0v) is 15.1. The first-order valence-corrected chi connectivity index (χ1v) is 7.88. The summed E-state index contributed by atoms with van der Waals surface area (Å²) in [4.78, 5) is 12.8. The molecule has 2 rings (SSSR count). The summed E-state index contributed by atoms with van der Waals surface area (Å²) in [6, 6.07) is 7.13. The minimum absolute atomic E-state index is 0.104. The Morgan fingerprint density at radius 2 is 1.81 bits per heavy atom. The summed E-state index contributed by atoms with van der Waals surface area (Å²) in [6.45, 7) is 3.80. The van der Waals surface area contributed by atoms with Gasteiger partial charge in [0.1, 0.15) is 5.75 Å². The van der Waals surface area contributed by atoms with Crippen molar-refractivity contribution in [2.75, 3.05) is 12.8 Å². The SMILES string of the molecule is COc1c(C)cc(Br)c(C)c1C(=O)c1ccc(Br)c(N)c1. The number of hydrogen-bond acceptors (Lipinski definition) is 3. The number of benzene rings is 2. The van der Waals surface area contributed by atoms with Gasteiger partial charge in [-0.05, 0) is 65.2 Å². The molecule has 0 unspecified atom stereocenters. The second-order valence-corrected chi connectivity index (χ2v) is 6.48. The Kier molecular flexibility index (Phi) is 4.74. The summed E-state index contributed by atoms with van der Waals surface area (Å²) in [5.41, 5.74) is 9.25. The predicted molar refractivity (Wildman–Crippen MR) is 92.2 cm³/mol. The smallest absolute Gasteiger partial charge is 0.197 e. The van der Waals surface area contributed by atoms with Crippen LogP contribution in [-0.4, -0.2) is 12.9 Å². The van der Waals surface area contributed by atoms with Crippen LogP contribution in [0.3, 0.4) is 0 Å². The van der Waals surface area contributed by atoms with E-state index in [1.807, 2.05) is 19.9 Å². The number of methoxy groups -OCH3 is 1. The standard InChI is InChI=1S/C16H15Br2NO2/c1-8-6-12(18)9(2)14(16(8)21-3)15(20)10-4-5-11(17)13(19)7-10/h4-7H,19H2,1-3H3. The Bertz CT molecular complexity index is 727. The van der Waals surface area contributed by atoms with Crippen molar-refractivity contribution in [3.05, 3.63) is 55.5 Å². The molecule has 0 saturated carbocycles. The van der Waals surface area contributed by atoms with Crippen LogP contribution in [0.1, 0.15) is 27.0 Å². The number of aryl methyl sites for hydroxylation is 1. The van der Waals surface area contributed by atoms with Gasteiger partial charge in [0.05, 0.1) is 12.7 Å². The third-order valence-electron chi connectivity index (χ3n) is 3.35. The number of carbonyl (C=O) groups is 1. The second-order valence-electron chi connectivity index (χ2n) is 4.77. The van der Waals surface area contributed by atoms with Crippen molar-refractivity contribution in [2.24, 2.45) is 0 Å². The lowest BCUT2D eigenvalue weighted by Crippen LogP contribution is -2.09. The maximum Gasteiger partial charge on any atom is 0.197 e. The first kappa shape index (κ1) is 16.0. The lowest BCUT2D eigenvalue weighted by Gasteiger charge is -2.15. The summed E-state index contributed by atoms with van der Waals surface area (Å²) in [6.07, 6.45) is 0. The van der Waals surface area contributed by atoms with Gasteiger partial charge in [-0.3, -0.25) is 4.79 Å². The molecule has 5 heteroatoms. The van der Waals surface area contributed by atoms with Crippen LogP contribution in [-0.2, 0) is 0 Å². The number of halogens is 2. The van der Waals surface area contributed by atoms with Crippen molar-refractivity contribution in [2.45, 2.75) is 13.8 Å². The molecule has 0 aliphatic rings. The molecule has 0 aromatic heterocycles. The molecule has 0 aliphatic heterocycles. The van der Waals surface area contributed by atoms with Gasteiger partial charge in [-0.2, -0.15) is 0 Å². The van der Waals surface area contributed by atoms with Gasteiger partial charge in [0.15, 0.2) is 5.78 Å². The first-order valence-electron chi connectivity index (χ1n) is 6.30. The number of nitrogens with two attached hydrogens (primary N) is 1. The second kappa shape index (κ2) is 6.20. The summed E-state index contributed by atoms with van der Waals surface area (Å²) in [7, 11) is 1.57. The molecule has 0 saturated heterocycles. The molecule has 0 spiro atoms. The zero-order valence-electron chi connectivity index (χ0n) is 12.0. The Morgan fingerprint density at radius 3 is 2.38 bits per heavy atom. The average Bonchev–Trinajstić information content (AvgIpc) is 2.44. The fourth-order valence-corrected chi connectivity index (χ4v) is 3.00. The van der Waals surface area contributed by atoms with Crippen molar-refractivity contribution in [1.29, 1.82) is 0 Å². The number of rotatable bonds is 3. The van der Waals surface area contributed by atoms with Gasteiger partial charge in [0.2, 0.25) is 0 Å². The minimum Gasteiger partial charge on any atom is -0.496 e. The van der Waals surface area contributed by atoms with E-state index in [2.05, 4.69) is 31.9 Å². The fraction of sp³-hybridized carbons (Fsp3) is 0.188. The molecule has 2 aromatic rings. The molecular weight excluding hydrogens is 398 g/mol. The maximum absolute atomic E-state index is 12.8. The van der Waals surface area contributed by atoms with E-state index in [9.17, 15) is 4.79 Å². The van der Waals surface area contributed by atoms with E-state index in [4.69, 9.17) is 10.5 Å². The number of nitrogen functional groups attached to an aromatic ring is 1. The number of ether oxygens (including phenoxy) is 1. The van der Waals surface area contributed by atoms with Gasteiger partial charge in [0, 0.05) is 20.2 Å². The molecule has 0 atom stereocenters. The molecule has 0 heterocycles. The molecule has 3 nitrogen and oxygen atoms in total. The highest BCUT2D eigenvalue weighted by molar-refractivity contribution is 9.10. The third-order valence-corrected chi connectivity index (χ3v) is 4.90. The van der Waals surface area contributed by atoms with Gasteiger partial charge in [-0.25, -0.2) is 0 Å². The lowest BCUT2D eigenvalue weighted by atomic mass is 9.95. The van der Waals surface area contributed by atoms with Crippen LogP contribution in [0.25, 0.3) is 0 Å². The summed E-state index contributed by atoms with van der Waals surface area (Å²) >= 11 is 6.82. The normalized spacial score (nSPS) is 10.5. The Labute approximate surface area is 140 Å². The van der Waals surface area contributed by atoms with Crippen molar-refractivity contribution in [3.8, 4) is 5.75 Å². The van der Waals surface area contributed by atoms with Gasteiger partial charge < -0.3 is 10.5 Å². The van der Waals surface area contributed by atoms with Crippen LogP contribution >= 0.6 is 31.9 Å². The third kappa shape index (κ3) is 2.99. The Hall–Kier alpha value is -1.33. The first-order chi connectivity index (χ1) is 9.86. The number of anilines is 1. The highest BCUT2D eigenvalue weighted by atomic mass is 79.9. The van der Waals surface area contributed by atoms with Crippen LogP contribution in [0, 0.1) is 13.8 Å². The quantitative estimate of drug-likeness (QED) is 0.589. The van der Waals surface area contributed by atoms with E-state index in [0.29, 0.717) is 22.6 Å². The summed E-state index contributed by atoms with van der Waals surface area (Å²) in [5, 5.41) is 0. The molecule has 110 valence electrons. The Balaban J connectivity index is 2.65. The van der Waals surface area contributed by atoms with Crippen LogP contribution < -0.4 is 10.5 Å². The molecule has 0 amide bonds. The lowest BCUT2D eigenvalue weighted by molar-refractivity contribution is 0.103. The monoisotopic (exact) mass is 411 g/mol. The minimum atomic E-state index is -0.104. The molecule has 0 bridgehead atoms. The molecule has 0 aliphatic carbocycles. The van der Waals surface area contributed by atoms with Gasteiger partial charge >= 0.3 is 0 Å². The molecule has 21 heavy (non-hydrogen) atoms. The van der Waals surface area contributed by atoms with Gasteiger partial charge in [0.25, 0.3) is 0 Å². The molecule has 0 fully saturated rings. The van der Waals surface area contributed by atoms with E-state index in [1.165, 1.54) is 0 Å². The molecule has 0 radical (unpaired) electrons. The van der Waals surface area contributed by atoms with E-state index in [-0.39, 0.29) is 5.78 Å². The number of hydrogen-bond donors (Lipinski definition) is 1. The van der Waals surface area contributed by atoms with E-state index in [0.717, 1.165) is 20.1 Å². The number of carbonyl (C=O) groups excluding carboxylic acids is 1. The molecule has 2 N–H and O–H groups in total. The predicted octanol–water partition coefficient (Wildman–Crippen LogP) is 4.65. The van der Waals surface area contributed by atoms with E-state index >= 15 is 0 Å². The zero-order chi connectivity index (χ0) is 15.7. The van der Waals surface area contributed by atoms with Crippen molar-refractivity contribution in [1.82, 2.24) is 0 Å². The topological polar surface area (TPSA) is 52.3 Å². The molecular formula is C16H15Br2NO2. The van der Waals surface area contributed by atoms with Crippen LogP contribution in [0.5, 0.6) is 5.75 Å². The van der Waals surface area contributed by atoms with Gasteiger partial charge in [-0.1, -0.05) is 15.9 Å². The fourth-order valence-electron chi connectivity index (χ4n) is 2.22. The highest BCUT2D eigenvalue weighted by Gasteiger charge is 2.21. The van der Waals surface area contributed by atoms with E-state index in [1.54, 1.807) is 25.3 Å². The molecule has 2 aromatic carbocycles. The van der Waals surface area contributed by atoms with Crippen LogP contribution in [0.15, 0.2) is 33.2 Å². The summed E-state index contributed by atoms with van der Waals surface area (Å²) in [5.74, 6) is 0.496. The van der Waals surface area contributed by atoms with E-state index < -0.39 is 0 Å². The van der Waals surface area contributed by atoms with Crippen molar-refractivity contribution >= 4 is 43.3 Å². The maximum atomic E-state index is 12.8. The van der Waals surface area contributed by atoms with Crippen molar-refractivity contribution in [3.63, 3.8) is 0 Å². The van der Waals surface area contributed by atoms with Crippen molar-refractivity contribution < 1.29 is 9.53 Å². The van der Waals surface area contributed by atoms with Crippen LogP contribution in [0.2, 0.25) is 0 Å². The Morgan fingerprint density at radius 1 is 1.14 bits per heavy atom. The van der Waals surface area contributed by atoms with Crippen LogP contribution in [0.4, 0.5) is 5.69 Å². The average molecular weight is 413 g/mol.